The molecule has 0 bridgehead atoms. The van der Waals surface area contributed by atoms with E-state index in [-0.39, 0.29) is 17.5 Å². The van der Waals surface area contributed by atoms with Crippen LogP contribution >= 0.6 is 0 Å². The molecule has 6 heteroatoms. The second-order valence-electron chi connectivity index (χ2n) is 5.54. The van der Waals surface area contributed by atoms with Crippen LogP contribution in [0, 0.1) is 0 Å². The van der Waals surface area contributed by atoms with E-state index in [1.807, 2.05) is 18.2 Å². The normalized spacial score (nSPS) is 13.5. The fourth-order valence-electron chi connectivity index (χ4n) is 2.14. The van der Waals surface area contributed by atoms with Crippen molar-refractivity contribution < 1.29 is 14.3 Å². The minimum absolute atomic E-state index is 0.161. The van der Waals surface area contributed by atoms with E-state index in [1.165, 1.54) is 11.8 Å². The molecule has 124 valence electrons. The second kappa shape index (κ2) is 8.45. The van der Waals surface area contributed by atoms with Gasteiger partial charge in [-0.15, -0.1) is 0 Å². The average molecular weight is 317 g/mol. The summed E-state index contributed by atoms with van der Waals surface area (Å²) in [5, 5.41) is 12.2. The summed E-state index contributed by atoms with van der Waals surface area (Å²) in [6.07, 6.45) is 3.35. The van der Waals surface area contributed by atoms with E-state index in [0.29, 0.717) is 6.54 Å². The molecule has 4 N–H and O–H groups in total. The number of aliphatic hydroxyl groups is 1. The molecule has 1 amide bonds. The number of hydrogen-bond donors (Lipinski definition) is 3. The Labute approximate surface area is 135 Å². The van der Waals surface area contributed by atoms with Crippen LogP contribution in [0.5, 0.6) is 0 Å². The van der Waals surface area contributed by atoms with E-state index in [1.54, 1.807) is 6.92 Å². The number of hydrogen-bond acceptors (Lipinski definition) is 5. The van der Waals surface area contributed by atoms with Crippen molar-refractivity contribution in [3.8, 4) is 0 Å². The van der Waals surface area contributed by atoms with E-state index < -0.39 is 12.1 Å². The largest absolute Gasteiger partial charge is 0.446 e. The number of oxazole rings is 1. The van der Waals surface area contributed by atoms with E-state index in [4.69, 9.17) is 10.2 Å². The summed E-state index contributed by atoms with van der Waals surface area (Å²) in [7, 11) is 0. The Bertz CT molecular complexity index is 611. The number of rotatable bonds is 8. The van der Waals surface area contributed by atoms with Gasteiger partial charge in [-0.2, -0.15) is 0 Å². The number of aromatic nitrogens is 1. The van der Waals surface area contributed by atoms with Gasteiger partial charge in [0.05, 0.1) is 6.10 Å². The van der Waals surface area contributed by atoms with Crippen LogP contribution in [0.3, 0.4) is 0 Å². The van der Waals surface area contributed by atoms with Crippen molar-refractivity contribution in [2.45, 2.75) is 38.3 Å². The molecule has 2 rings (SSSR count). The number of aryl methyl sites for hydroxylation is 1. The number of nitrogens with zero attached hydrogens (tertiary/aromatic N) is 1. The van der Waals surface area contributed by atoms with Crippen molar-refractivity contribution >= 4 is 5.91 Å². The summed E-state index contributed by atoms with van der Waals surface area (Å²) >= 11 is 0. The Balaban J connectivity index is 1.71. The molecule has 6 nitrogen and oxygen atoms in total. The predicted molar refractivity (Wildman–Crippen MR) is 86.8 cm³/mol. The zero-order valence-electron chi connectivity index (χ0n) is 13.2. The Morgan fingerprint density at radius 2 is 2.09 bits per heavy atom. The van der Waals surface area contributed by atoms with Gasteiger partial charge < -0.3 is 20.6 Å². The van der Waals surface area contributed by atoms with Crippen LogP contribution in [0.15, 0.2) is 41.0 Å². The molecule has 0 saturated heterocycles. The predicted octanol–water partition coefficient (Wildman–Crippen LogP) is 1.81. The maximum absolute atomic E-state index is 11.9. The first kappa shape index (κ1) is 17.2. The van der Waals surface area contributed by atoms with Gasteiger partial charge in [0, 0.05) is 6.54 Å². The van der Waals surface area contributed by atoms with Crippen molar-refractivity contribution in [1.29, 1.82) is 0 Å². The highest BCUT2D eigenvalue weighted by Crippen LogP contribution is 2.13. The molecule has 0 aliphatic rings. The Kier molecular flexibility index (Phi) is 6.31. The van der Waals surface area contributed by atoms with Crippen molar-refractivity contribution in [1.82, 2.24) is 10.3 Å². The number of amides is 1. The first-order valence-electron chi connectivity index (χ1n) is 7.79. The lowest BCUT2D eigenvalue weighted by molar-refractivity contribution is 0.0947. The fourth-order valence-corrected chi connectivity index (χ4v) is 2.14. The molecule has 1 aromatic carbocycles. The molecular formula is C17H23N3O3. The monoisotopic (exact) mass is 317 g/mol. The highest BCUT2D eigenvalue weighted by Gasteiger charge is 2.20. The van der Waals surface area contributed by atoms with Crippen LogP contribution in [0.25, 0.3) is 0 Å². The molecule has 0 aliphatic carbocycles. The van der Waals surface area contributed by atoms with Gasteiger partial charge in [-0.25, -0.2) is 4.98 Å². The lowest BCUT2D eigenvalue weighted by atomic mass is 10.1. The van der Waals surface area contributed by atoms with Crippen molar-refractivity contribution in [2.24, 2.45) is 5.73 Å². The van der Waals surface area contributed by atoms with Crippen LogP contribution in [0.4, 0.5) is 0 Å². The van der Waals surface area contributed by atoms with Gasteiger partial charge in [0.2, 0.25) is 5.89 Å². The van der Waals surface area contributed by atoms with Crippen molar-refractivity contribution in [2.75, 3.05) is 6.54 Å². The third-order valence-corrected chi connectivity index (χ3v) is 3.58. The number of nitrogens with two attached hydrogens (primary N) is 1. The number of nitrogens with one attached hydrogen (secondary N) is 1. The van der Waals surface area contributed by atoms with Crippen molar-refractivity contribution in [3.05, 3.63) is 53.7 Å². The molecule has 0 aliphatic heterocycles. The Morgan fingerprint density at radius 1 is 1.35 bits per heavy atom. The van der Waals surface area contributed by atoms with E-state index >= 15 is 0 Å². The SMILES string of the molecule is CC(O)C(N)c1nc(C(=O)NCCCCc2ccccc2)co1. The maximum atomic E-state index is 11.9. The van der Waals surface area contributed by atoms with Crippen LogP contribution in [0.1, 0.15) is 47.7 Å². The van der Waals surface area contributed by atoms with Crippen LogP contribution in [0.2, 0.25) is 0 Å². The van der Waals surface area contributed by atoms with Gasteiger partial charge in [-0.1, -0.05) is 30.3 Å². The summed E-state index contributed by atoms with van der Waals surface area (Å²) in [4.78, 5) is 16.0. The maximum Gasteiger partial charge on any atom is 0.273 e. The fraction of sp³-hybridized carbons (Fsp3) is 0.412. The van der Waals surface area contributed by atoms with E-state index in [0.717, 1.165) is 19.3 Å². The number of carbonyl (C=O) groups is 1. The number of carbonyl (C=O) groups excluding carboxylic acids is 1. The molecule has 2 unspecified atom stereocenters. The van der Waals surface area contributed by atoms with Gasteiger partial charge in [0.15, 0.2) is 5.69 Å². The average Bonchev–Trinajstić information content (AvgIpc) is 3.04. The lowest BCUT2D eigenvalue weighted by Gasteiger charge is -2.09. The van der Waals surface area contributed by atoms with E-state index in [9.17, 15) is 9.90 Å². The first-order valence-corrected chi connectivity index (χ1v) is 7.79. The summed E-state index contributed by atoms with van der Waals surface area (Å²) in [5.74, 6) is -0.133. The summed E-state index contributed by atoms with van der Waals surface area (Å²) < 4.78 is 5.14. The molecule has 0 radical (unpaired) electrons. The van der Waals surface area contributed by atoms with Gasteiger partial charge in [0.25, 0.3) is 5.91 Å². The minimum Gasteiger partial charge on any atom is -0.446 e. The molecule has 0 fully saturated rings. The van der Waals surface area contributed by atoms with Gasteiger partial charge in [0.1, 0.15) is 12.3 Å². The molecular weight excluding hydrogens is 294 g/mol. The minimum atomic E-state index is -0.789. The zero-order valence-corrected chi connectivity index (χ0v) is 13.2. The highest BCUT2D eigenvalue weighted by atomic mass is 16.3. The highest BCUT2D eigenvalue weighted by molar-refractivity contribution is 5.91. The number of benzene rings is 1. The second-order valence-corrected chi connectivity index (χ2v) is 5.54. The molecule has 0 saturated carbocycles. The number of unbranched alkanes of at least 4 members (excludes halogenated alkanes) is 1. The molecule has 23 heavy (non-hydrogen) atoms. The van der Waals surface area contributed by atoms with Crippen LogP contribution in [-0.4, -0.2) is 28.6 Å². The Hall–Kier alpha value is -2.18. The van der Waals surface area contributed by atoms with Gasteiger partial charge in [-0.05, 0) is 31.7 Å². The van der Waals surface area contributed by atoms with E-state index in [2.05, 4.69) is 22.4 Å². The lowest BCUT2D eigenvalue weighted by Crippen LogP contribution is -2.26. The van der Waals surface area contributed by atoms with Crippen molar-refractivity contribution in [3.63, 3.8) is 0 Å². The molecule has 1 heterocycles. The third-order valence-electron chi connectivity index (χ3n) is 3.58. The third kappa shape index (κ3) is 5.19. The molecule has 2 aromatic rings. The van der Waals surface area contributed by atoms with Crippen LogP contribution < -0.4 is 11.1 Å². The summed E-state index contributed by atoms with van der Waals surface area (Å²) in [5.41, 5.74) is 7.19. The molecule has 1 aromatic heterocycles. The van der Waals surface area contributed by atoms with Crippen LogP contribution in [-0.2, 0) is 6.42 Å². The molecule has 2 atom stereocenters. The zero-order chi connectivity index (χ0) is 16.7. The van der Waals surface area contributed by atoms with Gasteiger partial charge >= 0.3 is 0 Å². The summed E-state index contributed by atoms with van der Waals surface area (Å²) in [6, 6.07) is 9.51. The quantitative estimate of drug-likeness (QED) is 0.645. The standard InChI is InChI=1S/C17H23N3O3/c1-12(21)15(18)17-20-14(11-23-17)16(22)19-10-6-5-9-13-7-3-2-4-8-13/h2-4,7-8,11-12,15,21H,5-6,9-10,18H2,1H3,(H,19,22). The topological polar surface area (TPSA) is 101 Å². The molecule has 0 spiro atoms. The number of aliphatic hydroxyl groups excluding tert-OH is 1. The first-order chi connectivity index (χ1) is 11.1. The summed E-state index contributed by atoms with van der Waals surface area (Å²) in [6.45, 7) is 2.12. The smallest absolute Gasteiger partial charge is 0.273 e. The van der Waals surface area contributed by atoms with Gasteiger partial charge in [-0.3, -0.25) is 4.79 Å². The Morgan fingerprint density at radius 3 is 2.78 bits per heavy atom.